The fourth-order valence-corrected chi connectivity index (χ4v) is 1.35. The largest absolute Gasteiger partial charge is 0.492 e. The van der Waals surface area contributed by atoms with Gasteiger partial charge < -0.3 is 10.5 Å². The van der Waals surface area contributed by atoms with Crippen molar-refractivity contribution in [1.82, 2.24) is 0 Å². The van der Waals surface area contributed by atoms with Crippen LogP contribution in [0.15, 0.2) is 24.3 Å². The van der Waals surface area contributed by atoms with Gasteiger partial charge in [0.15, 0.2) is 0 Å². The molecule has 0 fully saturated rings. The van der Waals surface area contributed by atoms with Crippen LogP contribution in [0.1, 0.15) is 0 Å². The predicted octanol–water partition coefficient (Wildman–Crippen LogP) is 0.661. The second-order valence-electron chi connectivity index (χ2n) is 2.66. The molecular weight excluding hydrogens is 216 g/mol. The van der Waals surface area contributed by atoms with E-state index in [9.17, 15) is 4.21 Å². The Morgan fingerprint density at radius 1 is 1.40 bits per heavy atom. The molecule has 5 nitrogen and oxygen atoms in total. The van der Waals surface area contributed by atoms with Crippen LogP contribution in [0.25, 0.3) is 0 Å². The summed E-state index contributed by atoms with van der Waals surface area (Å²) < 4.78 is 23.5. The van der Waals surface area contributed by atoms with Gasteiger partial charge in [0.2, 0.25) is 0 Å². The number of hydrogen-bond donors (Lipinski definition) is 2. The number of nitrogens with two attached hydrogens (primary N) is 1. The monoisotopic (exact) mass is 230 g/mol. The predicted molar refractivity (Wildman–Crippen MR) is 59.8 cm³/mol. The zero-order chi connectivity index (χ0) is 11.1. The Morgan fingerprint density at radius 3 is 2.60 bits per heavy atom. The van der Waals surface area contributed by atoms with E-state index < -0.39 is 11.3 Å². The van der Waals surface area contributed by atoms with Crippen LogP contribution in [0.4, 0.5) is 5.69 Å². The Balaban J connectivity index is 2.52. The minimum atomic E-state index is -1.50. The molecule has 1 atom stereocenters. The highest BCUT2D eigenvalue weighted by Gasteiger charge is 1.98. The second kappa shape index (κ2) is 6.39. The van der Waals surface area contributed by atoms with E-state index in [4.69, 9.17) is 10.5 Å². The number of hydrogen-bond acceptors (Lipinski definition) is 4. The molecule has 1 aromatic carbocycles. The van der Waals surface area contributed by atoms with E-state index in [0.717, 1.165) is 5.75 Å². The van der Waals surface area contributed by atoms with Crippen molar-refractivity contribution in [3.63, 3.8) is 0 Å². The summed E-state index contributed by atoms with van der Waals surface area (Å²) in [6, 6.07) is 7.04. The van der Waals surface area contributed by atoms with Gasteiger partial charge in [0.05, 0.1) is 7.11 Å². The number of ether oxygens (including phenoxy) is 1. The quantitative estimate of drug-likeness (QED) is 0.753. The lowest BCUT2D eigenvalue weighted by atomic mass is 10.3. The lowest BCUT2D eigenvalue weighted by Gasteiger charge is -2.06. The van der Waals surface area contributed by atoms with Gasteiger partial charge in [0.25, 0.3) is 11.3 Å². The molecule has 15 heavy (non-hydrogen) atoms. The molecule has 6 heteroatoms. The van der Waals surface area contributed by atoms with E-state index in [-0.39, 0.29) is 0 Å². The molecule has 0 bridgehead atoms. The number of benzene rings is 1. The zero-order valence-corrected chi connectivity index (χ0v) is 9.25. The molecule has 0 aliphatic carbocycles. The van der Waals surface area contributed by atoms with Crippen LogP contribution < -0.4 is 15.2 Å². The molecule has 0 amide bonds. The van der Waals surface area contributed by atoms with Gasteiger partial charge in [-0.05, 0) is 24.3 Å². The molecule has 0 aromatic heterocycles. The molecule has 0 saturated carbocycles. The average Bonchev–Trinajstić information content (AvgIpc) is 2.28. The molecule has 0 heterocycles. The molecule has 0 aliphatic rings. The number of nitrogens with one attached hydrogen (secondary N) is 1. The van der Waals surface area contributed by atoms with Crippen molar-refractivity contribution in [3.8, 4) is 5.75 Å². The maximum atomic E-state index is 11.0. The Kier molecular flexibility index (Phi) is 5.09. The SMILES string of the molecule is COS(=O)Nc1ccc(OCCN)cc1. The summed E-state index contributed by atoms with van der Waals surface area (Å²) in [6.07, 6.45) is 0. The van der Waals surface area contributed by atoms with E-state index >= 15 is 0 Å². The van der Waals surface area contributed by atoms with Gasteiger partial charge in [-0.2, -0.15) is 0 Å². The highest BCUT2D eigenvalue weighted by molar-refractivity contribution is 7.81. The summed E-state index contributed by atoms with van der Waals surface area (Å²) in [7, 11) is 1.36. The fraction of sp³-hybridized carbons (Fsp3) is 0.333. The van der Waals surface area contributed by atoms with Crippen LogP contribution in [-0.2, 0) is 15.4 Å². The normalized spacial score (nSPS) is 12.1. The Morgan fingerprint density at radius 2 is 2.07 bits per heavy atom. The zero-order valence-electron chi connectivity index (χ0n) is 8.43. The van der Waals surface area contributed by atoms with Gasteiger partial charge in [-0.1, -0.05) is 0 Å². The molecule has 0 radical (unpaired) electrons. The number of rotatable bonds is 6. The van der Waals surface area contributed by atoms with Crippen LogP contribution in [0.5, 0.6) is 5.75 Å². The lowest BCUT2D eigenvalue weighted by molar-refractivity contribution is 0.328. The summed E-state index contributed by atoms with van der Waals surface area (Å²) >= 11 is -1.50. The molecule has 0 aliphatic heterocycles. The van der Waals surface area contributed by atoms with Crippen molar-refractivity contribution in [2.75, 3.05) is 25.0 Å². The maximum absolute atomic E-state index is 11.0. The third-order valence-electron chi connectivity index (χ3n) is 1.59. The Bertz CT molecular complexity index is 316. The first-order valence-corrected chi connectivity index (χ1v) is 5.49. The molecule has 3 N–H and O–H groups in total. The van der Waals surface area contributed by atoms with Crippen LogP contribution in [0, 0.1) is 0 Å². The van der Waals surface area contributed by atoms with E-state index in [2.05, 4.69) is 8.91 Å². The molecule has 0 spiro atoms. The molecule has 84 valence electrons. The van der Waals surface area contributed by atoms with Crippen LogP contribution in [0.2, 0.25) is 0 Å². The van der Waals surface area contributed by atoms with Crippen molar-refractivity contribution >= 4 is 17.0 Å². The summed E-state index contributed by atoms with van der Waals surface area (Å²) in [5.41, 5.74) is 6.00. The average molecular weight is 230 g/mol. The summed E-state index contributed by atoms with van der Waals surface area (Å²) in [5.74, 6) is 0.731. The Hall–Kier alpha value is -1.11. The number of anilines is 1. The lowest BCUT2D eigenvalue weighted by Crippen LogP contribution is -2.10. The minimum Gasteiger partial charge on any atom is -0.492 e. The van der Waals surface area contributed by atoms with Crippen LogP contribution in [0.3, 0.4) is 0 Å². The smallest absolute Gasteiger partial charge is 0.261 e. The highest BCUT2D eigenvalue weighted by atomic mass is 32.2. The Labute approximate surface area is 91.4 Å². The van der Waals surface area contributed by atoms with Crippen molar-refractivity contribution in [2.45, 2.75) is 0 Å². The second-order valence-corrected chi connectivity index (χ2v) is 3.67. The van der Waals surface area contributed by atoms with Crippen molar-refractivity contribution in [3.05, 3.63) is 24.3 Å². The molecule has 1 aromatic rings. The fourth-order valence-electron chi connectivity index (χ4n) is 0.934. The van der Waals surface area contributed by atoms with Gasteiger partial charge in [-0.25, -0.2) is 4.21 Å². The molecule has 0 saturated heterocycles. The molecule has 1 rings (SSSR count). The minimum absolute atomic E-state index is 0.480. The molecule has 1 unspecified atom stereocenters. The van der Waals surface area contributed by atoms with Crippen molar-refractivity contribution in [1.29, 1.82) is 0 Å². The molecular formula is C9H14N2O3S. The summed E-state index contributed by atoms with van der Waals surface area (Å²) in [4.78, 5) is 0. The highest BCUT2D eigenvalue weighted by Crippen LogP contribution is 2.15. The third-order valence-corrected chi connectivity index (χ3v) is 2.30. The van der Waals surface area contributed by atoms with E-state index in [1.54, 1.807) is 24.3 Å². The first-order chi connectivity index (χ1) is 7.26. The van der Waals surface area contributed by atoms with E-state index in [0.29, 0.717) is 18.8 Å². The van der Waals surface area contributed by atoms with Crippen molar-refractivity contribution < 1.29 is 13.1 Å². The first-order valence-electron chi connectivity index (χ1n) is 4.42. The van der Waals surface area contributed by atoms with Crippen LogP contribution in [-0.4, -0.2) is 24.5 Å². The van der Waals surface area contributed by atoms with Crippen LogP contribution >= 0.6 is 0 Å². The van der Waals surface area contributed by atoms with E-state index in [1.807, 2.05) is 0 Å². The van der Waals surface area contributed by atoms with Gasteiger partial charge in [0, 0.05) is 12.2 Å². The topological polar surface area (TPSA) is 73.6 Å². The van der Waals surface area contributed by atoms with Gasteiger partial charge in [0.1, 0.15) is 12.4 Å². The first kappa shape index (κ1) is 12.0. The third kappa shape index (κ3) is 4.28. The van der Waals surface area contributed by atoms with Gasteiger partial charge in [-0.15, -0.1) is 0 Å². The standard InChI is InChI=1S/C9H14N2O3S/c1-13-15(12)11-8-2-4-9(5-3-8)14-7-6-10/h2-5,11H,6-7,10H2,1H3. The summed E-state index contributed by atoms with van der Waals surface area (Å²) in [5, 5.41) is 0. The van der Waals surface area contributed by atoms with Gasteiger partial charge in [-0.3, -0.25) is 8.91 Å². The van der Waals surface area contributed by atoms with E-state index in [1.165, 1.54) is 7.11 Å². The van der Waals surface area contributed by atoms with Gasteiger partial charge >= 0.3 is 0 Å². The summed E-state index contributed by atoms with van der Waals surface area (Å²) in [6.45, 7) is 0.963. The maximum Gasteiger partial charge on any atom is 0.261 e. The van der Waals surface area contributed by atoms with Crippen molar-refractivity contribution in [2.24, 2.45) is 5.73 Å².